The molecule has 0 saturated heterocycles. The topological polar surface area (TPSA) is 72.2 Å². The van der Waals surface area contributed by atoms with Crippen LogP contribution in [0.3, 0.4) is 0 Å². The SMILES string of the molecule is C#CCCCCNC(C)c1ccc(S(N)(=O)=O)cc1. The fourth-order valence-corrected chi connectivity index (χ4v) is 2.25. The number of sulfonamides is 1. The summed E-state index contributed by atoms with van der Waals surface area (Å²) in [5, 5.41) is 8.42. The Morgan fingerprint density at radius 3 is 2.47 bits per heavy atom. The maximum absolute atomic E-state index is 11.1. The van der Waals surface area contributed by atoms with Gasteiger partial charge in [-0.15, -0.1) is 12.3 Å². The van der Waals surface area contributed by atoms with Gasteiger partial charge in [-0.1, -0.05) is 12.1 Å². The summed E-state index contributed by atoms with van der Waals surface area (Å²) in [5.41, 5.74) is 1.03. The van der Waals surface area contributed by atoms with E-state index in [1.54, 1.807) is 12.1 Å². The third-order valence-corrected chi connectivity index (χ3v) is 3.84. The number of benzene rings is 1. The summed E-state index contributed by atoms with van der Waals surface area (Å²) >= 11 is 0. The predicted molar refractivity (Wildman–Crippen MR) is 76.9 cm³/mol. The van der Waals surface area contributed by atoms with E-state index in [4.69, 9.17) is 11.6 Å². The van der Waals surface area contributed by atoms with Crippen LogP contribution < -0.4 is 10.5 Å². The van der Waals surface area contributed by atoms with Crippen LogP contribution in [-0.2, 0) is 10.0 Å². The molecule has 1 aromatic rings. The molecular weight excluding hydrogens is 260 g/mol. The average Bonchev–Trinajstić information content (AvgIpc) is 2.37. The van der Waals surface area contributed by atoms with Crippen LogP contribution in [-0.4, -0.2) is 15.0 Å². The van der Waals surface area contributed by atoms with Crippen molar-refractivity contribution in [3.63, 3.8) is 0 Å². The molecule has 0 aliphatic heterocycles. The zero-order valence-corrected chi connectivity index (χ0v) is 11.9. The van der Waals surface area contributed by atoms with Crippen molar-refractivity contribution in [2.24, 2.45) is 5.14 Å². The Labute approximate surface area is 115 Å². The predicted octanol–water partition coefficient (Wildman–Crippen LogP) is 1.79. The minimum atomic E-state index is -3.61. The first-order valence-electron chi connectivity index (χ1n) is 6.25. The first-order valence-corrected chi connectivity index (χ1v) is 7.79. The molecule has 0 aliphatic carbocycles. The van der Waals surface area contributed by atoms with Crippen molar-refractivity contribution in [3.8, 4) is 12.3 Å². The van der Waals surface area contributed by atoms with E-state index >= 15 is 0 Å². The van der Waals surface area contributed by atoms with Gasteiger partial charge in [-0.05, 0) is 44.0 Å². The number of hydrogen-bond donors (Lipinski definition) is 2. The van der Waals surface area contributed by atoms with Crippen LogP contribution >= 0.6 is 0 Å². The van der Waals surface area contributed by atoms with Gasteiger partial charge >= 0.3 is 0 Å². The van der Waals surface area contributed by atoms with Gasteiger partial charge in [-0.2, -0.15) is 0 Å². The Kier molecular flexibility index (Phi) is 6.03. The molecule has 0 bridgehead atoms. The molecule has 0 radical (unpaired) electrons. The highest BCUT2D eigenvalue weighted by Gasteiger charge is 2.09. The molecule has 4 nitrogen and oxygen atoms in total. The van der Waals surface area contributed by atoms with E-state index in [1.807, 2.05) is 6.92 Å². The molecule has 0 spiro atoms. The van der Waals surface area contributed by atoms with E-state index in [0.29, 0.717) is 0 Å². The molecule has 0 aliphatic rings. The summed E-state index contributed by atoms with van der Waals surface area (Å²) in [5.74, 6) is 2.61. The maximum Gasteiger partial charge on any atom is 0.238 e. The van der Waals surface area contributed by atoms with Gasteiger partial charge < -0.3 is 5.32 Å². The minimum absolute atomic E-state index is 0.137. The molecule has 1 unspecified atom stereocenters. The van der Waals surface area contributed by atoms with Crippen molar-refractivity contribution in [3.05, 3.63) is 29.8 Å². The molecule has 0 heterocycles. The smallest absolute Gasteiger partial charge is 0.238 e. The summed E-state index contributed by atoms with van der Waals surface area (Å²) in [7, 11) is -3.61. The van der Waals surface area contributed by atoms with Crippen LogP contribution in [0.4, 0.5) is 0 Å². The van der Waals surface area contributed by atoms with Gasteiger partial charge in [0.2, 0.25) is 10.0 Å². The second-order valence-electron chi connectivity index (χ2n) is 4.45. The number of unbranched alkanes of at least 4 members (excludes halogenated alkanes) is 2. The standard InChI is InChI=1S/C14H20N2O2S/c1-3-4-5-6-11-16-12(2)13-7-9-14(10-8-13)19(15,17)18/h1,7-10,12,16H,4-6,11H2,2H3,(H2,15,17,18). The highest BCUT2D eigenvalue weighted by molar-refractivity contribution is 7.89. The highest BCUT2D eigenvalue weighted by atomic mass is 32.2. The molecule has 104 valence electrons. The van der Waals surface area contributed by atoms with E-state index in [2.05, 4.69) is 11.2 Å². The first kappa shape index (κ1) is 15.7. The van der Waals surface area contributed by atoms with Gasteiger partial charge in [0.1, 0.15) is 0 Å². The van der Waals surface area contributed by atoms with Gasteiger partial charge in [-0.3, -0.25) is 0 Å². The Balaban J connectivity index is 2.50. The lowest BCUT2D eigenvalue weighted by Gasteiger charge is -2.14. The number of rotatable bonds is 7. The molecule has 19 heavy (non-hydrogen) atoms. The minimum Gasteiger partial charge on any atom is -0.310 e. The second-order valence-corrected chi connectivity index (χ2v) is 6.01. The molecule has 5 heteroatoms. The molecule has 0 amide bonds. The zero-order chi connectivity index (χ0) is 14.3. The fourth-order valence-electron chi connectivity index (χ4n) is 1.73. The van der Waals surface area contributed by atoms with Gasteiger partial charge in [0.25, 0.3) is 0 Å². The summed E-state index contributed by atoms with van der Waals surface area (Å²) in [6, 6.07) is 6.78. The normalized spacial score (nSPS) is 12.9. The van der Waals surface area contributed by atoms with E-state index < -0.39 is 10.0 Å². The van der Waals surface area contributed by atoms with Gasteiger partial charge in [0.05, 0.1) is 4.90 Å². The number of hydrogen-bond acceptors (Lipinski definition) is 3. The van der Waals surface area contributed by atoms with Crippen molar-refractivity contribution in [1.29, 1.82) is 0 Å². The van der Waals surface area contributed by atoms with Gasteiger partial charge in [-0.25, -0.2) is 13.6 Å². The molecular formula is C14H20N2O2S. The quantitative estimate of drug-likeness (QED) is 0.591. The summed E-state index contributed by atoms with van der Waals surface area (Å²) in [6.07, 6.45) is 8.03. The lowest BCUT2D eigenvalue weighted by atomic mass is 10.1. The lowest BCUT2D eigenvalue weighted by molar-refractivity contribution is 0.549. The Morgan fingerprint density at radius 1 is 1.32 bits per heavy atom. The monoisotopic (exact) mass is 280 g/mol. The lowest BCUT2D eigenvalue weighted by Crippen LogP contribution is -2.20. The Morgan fingerprint density at radius 2 is 1.95 bits per heavy atom. The van der Waals surface area contributed by atoms with Crippen molar-refractivity contribution < 1.29 is 8.42 Å². The van der Waals surface area contributed by atoms with Crippen LogP contribution in [0.25, 0.3) is 0 Å². The fraction of sp³-hybridized carbons (Fsp3) is 0.429. The zero-order valence-electron chi connectivity index (χ0n) is 11.1. The van der Waals surface area contributed by atoms with Crippen molar-refractivity contribution in [2.75, 3.05) is 6.54 Å². The molecule has 0 saturated carbocycles. The van der Waals surface area contributed by atoms with E-state index in [1.165, 1.54) is 12.1 Å². The van der Waals surface area contributed by atoms with Crippen molar-refractivity contribution in [1.82, 2.24) is 5.32 Å². The molecule has 1 aromatic carbocycles. The maximum atomic E-state index is 11.1. The Bertz CT molecular complexity index is 530. The third-order valence-electron chi connectivity index (χ3n) is 2.91. The van der Waals surface area contributed by atoms with Crippen LogP contribution in [0.5, 0.6) is 0 Å². The second kappa shape index (κ2) is 7.29. The number of nitrogens with one attached hydrogen (secondary N) is 1. The molecule has 0 aromatic heterocycles. The van der Waals surface area contributed by atoms with Crippen molar-refractivity contribution in [2.45, 2.75) is 37.1 Å². The van der Waals surface area contributed by atoms with Gasteiger partial charge in [0.15, 0.2) is 0 Å². The molecule has 3 N–H and O–H groups in total. The first-order chi connectivity index (χ1) is 8.95. The number of terminal acetylenes is 1. The average molecular weight is 280 g/mol. The van der Waals surface area contributed by atoms with Crippen LogP contribution in [0.1, 0.15) is 37.8 Å². The molecule has 1 atom stereocenters. The molecule has 0 fully saturated rings. The largest absolute Gasteiger partial charge is 0.310 e. The number of primary sulfonamides is 1. The number of nitrogens with two attached hydrogens (primary N) is 1. The van der Waals surface area contributed by atoms with E-state index in [9.17, 15) is 8.42 Å². The van der Waals surface area contributed by atoms with Crippen LogP contribution in [0.2, 0.25) is 0 Å². The summed E-state index contributed by atoms with van der Waals surface area (Å²) in [4.78, 5) is 0.137. The molecule has 1 rings (SSSR count). The van der Waals surface area contributed by atoms with E-state index in [-0.39, 0.29) is 10.9 Å². The van der Waals surface area contributed by atoms with Crippen molar-refractivity contribution >= 4 is 10.0 Å². The highest BCUT2D eigenvalue weighted by Crippen LogP contribution is 2.15. The third kappa shape index (κ3) is 5.43. The summed E-state index contributed by atoms with van der Waals surface area (Å²) in [6.45, 7) is 2.92. The van der Waals surface area contributed by atoms with E-state index in [0.717, 1.165) is 31.4 Å². The summed E-state index contributed by atoms with van der Waals surface area (Å²) < 4.78 is 22.3. The van der Waals surface area contributed by atoms with Gasteiger partial charge in [0, 0.05) is 12.5 Å². The van der Waals surface area contributed by atoms with Crippen LogP contribution in [0.15, 0.2) is 29.2 Å². The van der Waals surface area contributed by atoms with Crippen LogP contribution in [0, 0.1) is 12.3 Å². The Hall–Kier alpha value is -1.35.